The van der Waals surface area contributed by atoms with E-state index in [1.54, 1.807) is 12.4 Å². The second-order valence-corrected chi connectivity index (χ2v) is 31.9. The van der Waals surface area contributed by atoms with E-state index in [0.29, 0.717) is 0 Å². The molecular weight excluding hydrogens is 1580 g/mol. The van der Waals surface area contributed by atoms with Crippen LogP contribution in [0.15, 0.2) is 195 Å². The molecule has 5 heterocycles. The number of aryl methyl sites for hydroxylation is 7. The number of carbonyl (C=O) groups excluding carboxylic acids is 1. The van der Waals surface area contributed by atoms with Crippen LogP contribution in [0, 0.1) is 20.8 Å². The number of benzene rings is 3. The van der Waals surface area contributed by atoms with Crippen LogP contribution in [0.4, 0.5) is 17.1 Å². The monoisotopic (exact) mass is 1680 g/mol. The van der Waals surface area contributed by atoms with Crippen molar-refractivity contribution >= 4 is 184 Å². The molecule has 3 aromatic carbocycles. The molecule has 0 bridgehead atoms. The van der Waals surface area contributed by atoms with Gasteiger partial charge < -0.3 is 19.8 Å². The third-order valence-corrected chi connectivity index (χ3v) is 22.7. The number of alkyl halides is 2. The van der Waals surface area contributed by atoms with Gasteiger partial charge in [-0.05, 0) is 108 Å². The topological polar surface area (TPSA) is 92.5 Å². The fourth-order valence-corrected chi connectivity index (χ4v) is 16.0. The third-order valence-electron chi connectivity index (χ3n) is 13.7. The second kappa shape index (κ2) is 58.1. The summed E-state index contributed by atoms with van der Waals surface area (Å²) in [5.41, 5.74) is 13.0. The molecule has 11 nitrogen and oxygen atoms in total. The number of nitrogens with zero attached hydrogens (tertiary/aromatic N) is 8. The minimum atomic E-state index is -0.833. The fraction of sp³-hybridized carbons (Fsp3) is 0.355. The lowest BCUT2D eigenvalue weighted by atomic mass is 10.1. The number of carboxylic acid groups (broad SMARTS) is 1. The van der Waals surface area contributed by atoms with E-state index in [-0.39, 0.29) is 34.0 Å². The van der Waals surface area contributed by atoms with E-state index in [2.05, 4.69) is 278 Å². The number of aliphatic carboxylic acids is 1. The molecule has 0 radical (unpaired) electrons. The van der Waals surface area contributed by atoms with Gasteiger partial charge in [-0.25, -0.2) is 18.3 Å². The van der Waals surface area contributed by atoms with Crippen LogP contribution in [0.3, 0.4) is 0 Å². The van der Waals surface area contributed by atoms with Gasteiger partial charge in [-0.2, -0.15) is 0 Å². The lowest BCUT2D eigenvalue weighted by Crippen LogP contribution is -2.37. The molecule has 1 aliphatic rings. The quantitative estimate of drug-likeness (QED) is 0.0174. The van der Waals surface area contributed by atoms with Crippen molar-refractivity contribution in [2.45, 2.75) is 86.0 Å². The Hall–Kier alpha value is -4.55. The number of aldehydes is 1. The van der Waals surface area contributed by atoms with Crippen LogP contribution in [0.25, 0.3) is 24.3 Å². The first-order valence-corrected chi connectivity index (χ1v) is 41.6. The van der Waals surface area contributed by atoms with Crippen molar-refractivity contribution in [1.29, 1.82) is 0 Å². The highest BCUT2D eigenvalue weighted by atomic mass is 79.9. The van der Waals surface area contributed by atoms with Crippen molar-refractivity contribution in [3.8, 4) is 0 Å². The van der Waals surface area contributed by atoms with Crippen LogP contribution < -0.4 is 33.0 Å². The molecule has 0 saturated heterocycles. The molecule has 526 valence electrons. The van der Waals surface area contributed by atoms with E-state index in [0.717, 1.165) is 84.3 Å². The second-order valence-electron chi connectivity index (χ2n) is 22.3. The Morgan fingerprint density at radius 2 is 0.732 bits per heavy atom. The van der Waals surface area contributed by atoms with Crippen LogP contribution in [-0.2, 0) is 31.0 Å². The van der Waals surface area contributed by atoms with Crippen LogP contribution in [0.2, 0.25) is 0 Å². The number of carboxylic acids is 1. The normalized spacial score (nSPS) is 10.9. The molecule has 97 heavy (non-hydrogen) atoms. The standard InChI is InChI=1S/C34H40N4S2.C16H22N2S2.C9H11NO.C6H7N.C5H10.C4H8Br2S2.C2H4O2.2BrH/c1-35(2)33-13-9-29(10-14-33)5-7-31-17-21-37(22-18-31)25-27-39-40-28-26-38-23-19-32(20-24-38)8-6-30-11-15-34(16-12-30)36(3)4;1-15-6-9-17(10-7-15)11-13-19-20-14-12-18-8-4-3-5-16(18)2;1-10(2)9-5-3-8(7-11)4-6-9;1-6-2-4-7-5-3-6;1-2-4-5-3-1;5-1-3-7-8-4-2-6;1-2(3)4;;/h5-24H,25-28H2,1-4H3;3-10H,11-14H2,1-2H3;3-7H,1-2H3;2-5H,1H3;1-5H2;1-4H2;1H3,(H,3,4);2*1H/q2*+2;;;;;;;. The fourth-order valence-electron chi connectivity index (χ4n) is 8.25. The van der Waals surface area contributed by atoms with Crippen molar-refractivity contribution in [2.24, 2.45) is 0 Å². The van der Waals surface area contributed by atoms with Gasteiger partial charge in [-0.1, -0.05) is 183 Å². The lowest BCUT2D eigenvalue weighted by molar-refractivity contribution is -0.698. The predicted molar refractivity (Wildman–Crippen MR) is 450 cm³/mol. The largest absolute Gasteiger partial charge is 0.481 e. The van der Waals surface area contributed by atoms with Gasteiger partial charge in [0.15, 0.2) is 75.3 Å². The van der Waals surface area contributed by atoms with Crippen molar-refractivity contribution in [2.75, 3.05) is 102 Å². The summed E-state index contributed by atoms with van der Waals surface area (Å²) < 4.78 is 9.07. The summed E-state index contributed by atoms with van der Waals surface area (Å²) in [4.78, 5) is 29.3. The highest BCUT2D eigenvalue weighted by molar-refractivity contribution is 9.09. The Bertz CT molecular complexity index is 3180. The van der Waals surface area contributed by atoms with Crippen molar-refractivity contribution in [3.05, 3.63) is 240 Å². The van der Waals surface area contributed by atoms with Gasteiger partial charge in [-0.15, -0.1) is 34.0 Å². The van der Waals surface area contributed by atoms with E-state index in [9.17, 15) is 4.79 Å². The highest BCUT2D eigenvalue weighted by Crippen LogP contribution is 2.23. The predicted octanol–water partition coefficient (Wildman–Crippen LogP) is 19.1. The van der Waals surface area contributed by atoms with Crippen LogP contribution >= 0.6 is 131 Å². The molecule has 0 unspecified atom stereocenters. The smallest absolute Gasteiger partial charge is 0.300 e. The zero-order valence-corrected chi connectivity index (χ0v) is 69.7. The van der Waals surface area contributed by atoms with Crippen LogP contribution in [-0.4, -0.2) is 110 Å². The molecule has 1 saturated carbocycles. The maximum Gasteiger partial charge on any atom is 0.300 e. The summed E-state index contributed by atoms with van der Waals surface area (Å²) in [6.45, 7) is 11.6. The minimum absolute atomic E-state index is 0. The number of carbonyl (C=O) groups is 2. The molecule has 1 fully saturated rings. The number of rotatable bonds is 27. The molecule has 21 heteroatoms. The van der Waals surface area contributed by atoms with E-state index < -0.39 is 5.97 Å². The first kappa shape index (κ1) is 90.5. The third kappa shape index (κ3) is 45.8. The van der Waals surface area contributed by atoms with Gasteiger partial charge in [0, 0.05) is 162 Å². The molecule has 1 aliphatic carbocycles. The van der Waals surface area contributed by atoms with E-state index >= 15 is 0 Å². The Kier molecular flexibility index (Phi) is 54.2. The van der Waals surface area contributed by atoms with Gasteiger partial charge in [0.2, 0.25) is 0 Å². The summed E-state index contributed by atoms with van der Waals surface area (Å²) in [5, 5.41) is 9.62. The molecular formula is C76H104Br4N8O3S6+4. The summed E-state index contributed by atoms with van der Waals surface area (Å²) >= 11 is 6.71. The zero-order chi connectivity index (χ0) is 69.1. The number of hydrogen-bond acceptors (Lipinski definition) is 12. The Morgan fingerprint density at radius 3 is 1.03 bits per heavy atom. The molecule has 0 spiro atoms. The maximum atomic E-state index is 10.3. The van der Waals surface area contributed by atoms with Gasteiger partial charge in [0.1, 0.15) is 6.29 Å². The average molecular weight is 1690 g/mol. The molecule has 0 aliphatic heterocycles. The maximum absolute atomic E-state index is 10.3. The van der Waals surface area contributed by atoms with E-state index in [1.807, 2.05) is 127 Å². The van der Waals surface area contributed by atoms with E-state index in [1.165, 1.54) is 94.1 Å². The lowest BCUT2D eigenvalue weighted by Gasteiger charge is -2.11. The molecule has 0 atom stereocenters. The minimum Gasteiger partial charge on any atom is -0.481 e. The zero-order valence-electron chi connectivity index (χ0n) is 58.2. The van der Waals surface area contributed by atoms with Crippen molar-refractivity contribution in [1.82, 2.24) is 4.98 Å². The highest BCUT2D eigenvalue weighted by Gasteiger charge is 2.07. The van der Waals surface area contributed by atoms with E-state index in [4.69, 9.17) is 9.90 Å². The number of pyridine rings is 5. The van der Waals surface area contributed by atoms with Gasteiger partial charge in [0.25, 0.3) is 5.97 Å². The van der Waals surface area contributed by atoms with Gasteiger partial charge >= 0.3 is 0 Å². The first-order chi connectivity index (χ1) is 46.0. The summed E-state index contributed by atoms with van der Waals surface area (Å²) in [6, 6.07) is 48.0. The Morgan fingerprint density at radius 1 is 0.433 bits per heavy atom. The molecule has 8 aromatic rings. The molecule has 1 N–H and O–H groups in total. The van der Waals surface area contributed by atoms with Crippen LogP contribution in [0.5, 0.6) is 0 Å². The first-order valence-electron chi connectivity index (χ1n) is 31.9. The Labute approximate surface area is 644 Å². The summed E-state index contributed by atoms with van der Waals surface area (Å²) in [7, 11) is 23.8. The van der Waals surface area contributed by atoms with Gasteiger partial charge in [0.05, 0.1) is 23.0 Å². The molecule has 9 rings (SSSR count). The number of anilines is 3. The summed E-state index contributed by atoms with van der Waals surface area (Å²) in [6.07, 6.45) is 35.7. The van der Waals surface area contributed by atoms with Crippen molar-refractivity contribution in [3.63, 3.8) is 0 Å². The average Bonchev–Trinajstić information content (AvgIpc) is 2.48. The SMILES string of the molecule is Br.Br.BrCCSSCCBr.C1CCCC1.CC(=O)O.CN(C)c1ccc(/C=C/c2cc[n+](CCSSCC[n+]3ccc(/C=C/c4ccc(N(C)C)cc4)cc3)cc2)cc1.CN(C)c1ccc(C=O)cc1.Cc1cc[n+](CCSSCC[n+]2ccccc2C)cc1.Cc1ccncc1. The molecule has 0 amide bonds. The number of halogens is 4. The van der Waals surface area contributed by atoms with Crippen molar-refractivity contribution < 1.29 is 33.0 Å². The summed E-state index contributed by atoms with van der Waals surface area (Å²) in [5.74, 6) is 6.06. The number of aromatic nitrogens is 5. The number of hydrogen-bond donors (Lipinski definition) is 1. The van der Waals surface area contributed by atoms with Gasteiger partial charge in [-0.3, -0.25) is 14.6 Å². The molecule has 5 aromatic heterocycles. The van der Waals surface area contributed by atoms with Crippen LogP contribution in [0.1, 0.15) is 88.5 Å². The Balaban J connectivity index is 0.000000678.